The number of furan rings is 1. The molecule has 1 aliphatic heterocycles. The molecule has 4 rings (SSSR count). The number of hydrogen-bond donors (Lipinski definition) is 1. The van der Waals surface area contributed by atoms with Gasteiger partial charge < -0.3 is 14.5 Å². The molecule has 9 nitrogen and oxygen atoms in total. The first-order valence-corrected chi connectivity index (χ1v) is 9.31. The fourth-order valence-corrected chi connectivity index (χ4v) is 3.40. The molecule has 3 aromatic rings. The first-order valence-electron chi connectivity index (χ1n) is 9.31. The quantitative estimate of drug-likeness (QED) is 0.667. The van der Waals surface area contributed by atoms with Crippen LogP contribution in [0.25, 0.3) is 5.65 Å². The van der Waals surface area contributed by atoms with E-state index in [0.717, 1.165) is 24.6 Å². The van der Waals surface area contributed by atoms with E-state index in [1.807, 2.05) is 19.1 Å². The number of morpholine rings is 1. The standard InChI is InChI=1S/C19H23N5O4/c1-14-5-6-16(28-14)15(22-8-10-27-11-9-22)12-20-18(25)13-24-19(26)23-7-3-2-4-17(23)21-24/h2-7,15H,8-13H2,1H3,(H,20,25). The predicted molar refractivity (Wildman–Crippen MR) is 101 cm³/mol. The van der Waals surface area contributed by atoms with E-state index < -0.39 is 0 Å². The molecule has 9 heteroatoms. The van der Waals surface area contributed by atoms with E-state index in [1.54, 1.807) is 24.4 Å². The molecule has 1 fully saturated rings. The number of pyridine rings is 1. The van der Waals surface area contributed by atoms with Gasteiger partial charge in [0.15, 0.2) is 5.65 Å². The summed E-state index contributed by atoms with van der Waals surface area (Å²) >= 11 is 0. The van der Waals surface area contributed by atoms with E-state index in [-0.39, 0.29) is 24.2 Å². The Labute approximate surface area is 161 Å². The molecule has 0 radical (unpaired) electrons. The number of rotatable bonds is 6. The van der Waals surface area contributed by atoms with Gasteiger partial charge in [-0.05, 0) is 31.2 Å². The highest BCUT2D eigenvalue weighted by atomic mass is 16.5. The Morgan fingerprint density at radius 3 is 2.79 bits per heavy atom. The van der Waals surface area contributed by atoms with E-state index in [0.29, 0.717) is 25.4 Å². The summed E-state index contributed by atoms with van der Waals surface area (Å²) in [6, 6.07) is 9.04. The molecular formula is C19H23N5O4. The Balaban J connectivity index is 1.44. The van der Waals surface area contributed by atoms with Gasteiger partial charge in [-0.1, -0.05) is 6.07 Å². The molecule has 148 valence electrons. The molecule has 1 saturated heterocycles. The third-order valence-electron chi connectivity index (χ3n) is 4.85. The summed E-state index contributed by atoms with van der Waals surface area (Å²) in [5.41, 5.74) is 0.176. The van der Waals surface area contributed by atoms with Crippen LogP contribution in [0.15, 0.2) is 45.7 Å². The van der Waals surface area contributed by atoms with Crippen LogP contribution in [0.2, 0.25) is 0 Å². The fraction of sp³-hybridized carbons (Fsp3) is 0.421. The van der Waals surface area contributed by atoms with Crippen molar-refractivity contribution < 1.29 is 13.9 Å². The molecule has 0 aliphatic carbocycles. The van der Waals surface area contributed by atoms with Crippen LogP contribution in [-0.2, 0) is 16.1 Å². The third-order valence-corrected chi connectivity index (χ3v) is 4.85. The van der Waals surface area contributed by atoms with Crippen LogP contribution < -0.4 is 11.0 Å². The van der Waals surface area contributed by atoms with Crippen LogP contribution in [0, 0.1) is 6.92 Å². The summed E-state index contributed by atoms with van der Waals surface area (Å²) in [6.45, 7) is 5.00. The summed E-state index contributed by atoms with van der Waals surface area (Å²) in [5.74, 6) is 1.37. The first-order chi connectivity index (χ1) is 13.6. The number of carbonyl (C=O) groups excluding carboxylic acids is 1. The average molecular weight is 385 g/mol. The zero-order valence-electron chi connectivity index (χ0n) is 15.7. The SMILES string of the molecule is Cc1ccc(C(CNC(=O)Cn2nc3ccccn3c2=O)N2CCOCC2)o1. The van der Waals surface area contributed by atoms with Crippen molar-refractivity contribution in [2.24, 2.45) is 0 Å². The van der Waals surface area contributed by atoms with E-state index >= 15 is 0 Å². The monoisotopic (exact) mass is 385 g/mol. The number of aryl methyl sites for hydroxylation is 1. The maximum atomic E-state index is 12.5. The van der Waals surface area contributed by atoms with Crippen molar-refractivity contribution >= 4 is 11.6 Å². The van der Waals surface area contributed by atoms with Crippen LogP contribution in [0.5, 0.6) is 0 Å². The molecule has 1 amide bonds. The van der Waals surface area contributed by atoms with Crippen LogP contribution in [-0.4, -0.2) is 57.8 Å². The lowest BCUT2D eigenvalue weighted by atomic mass is 10.1. The zero-order chi connectivity index (χ0) is 19.5. The van der Waals surface area contributed by atoms with E-state index in [2.05, 4.69) is 15.3 Å². The first kappa shape index (κ1) is 18.5. The van der Waals surface area contributed by atoms with Crippen LogP contribution in [0.3, 0.4) is 0 Å². The lowest BCUT2D eigenvalue weighted by molar-refractivity contribution is -0.122. The second-order valence-corrected chi connectivity index (χ2v) is 6.79. The number of fused-ring (bicyclic) bond motifs is 1. The topological polar surface area (TPSA) is 94.0 Å². The zero-order valence-corrected chi connectivity index (χ0v) is 15.7. The number of nitrogens with zero attached hydrogens (tertiary/aromatic N) is 4. The van der Waals surface area contributed by atoms with Gasteiger partial charge in [0, 0.05) is 25.8 Å². The van der Waals surface area contributed by atoms with Crippen LogP contribution in [0.4, 0.5) is 0 Å². The average Bonchev–Trinajstić information content (AvgIpc) is 3.27. The Bertz CT molecular complexity index is 1010. The summed E-state index contributed by atoms with van der Waals surface area (Å²) in [5, 5.41) is 7.11. The molecule has 0 bridgehead atoms. The Morgan fingerprint density at radius 2 is 2.07 bits per heavy atom. The Kier molecular flexibility index (Phi) is 5.27. The van der Waals surface area contributed by atoms with Gasteiger partial charge in [-0.3, -0.25) is 14.1 Å². The molecule has 1 aliphatic rings. The second-order valence-electron chi connectivity index (χ2n) is 6.79. The van der Waals surface area contributed by atoms with Gasteiger partial charge in [-0.15, -0.1) is 5.10 Å². The summed E-state index contributed by atoms with van der Waals surface area (Å²) in [7, 11) is 0. The molecule has 0 saturated carbocycles. The van der Waals surface area contributed by atoms with Crippen molar-refractivity contribution in [1.29, 1.82) is 0 Å². The van der Waals surface area contributed by atoms with Crippen LogP contribution >= 0.6 is 0 Å². The van der Waals surface area contributed by atoms with Gasteiger partial charge >= 0.3 is 5.69 Å². The van der Waals surface area contributed by atoms with Gasteiger partial charge in [0.2, 0.25) is 5.91 Å². The number of amides is 1. The van der Waals surface area contributed by atoms with Crippen molar-refractivity contribution in [3.05, 3.63) is 58.5 Å². The van der Waals surface area contributed by atoms with Gasteiger partial charge in [0.25, 0.3) is 0 Å². The van der Waals surface area contributed by atoms with Gasteiger partial charge in [-0.2, -0.15) is 0 Å². The fourth-order valence-electron chi connectivity index (χ4n) is 3.40. The summed E-state index contributed by atoms with van der Waals surface area (Å²) in [6.07, 6.45) is 1.63. The molecular weight excluding hydrogens is 362 g/mol. The Morgan fingerprint density at radius 1 is 1.25 bits per heavy atom. The van der Waals surface area contributed by atoms with Crippen molar-refractivity contribution in [2.45, 2.75) is 19.5 Å². The minimum absolute atomic E-state index is 0.0839. The summed E-state index contributed by atoms with van der Waals surface area (Å²) in [4.78, 5) is 27.0. The molecule has 3 aromatic heterocycles. The molecule has 0 spiro atoms. The molecule has 1 N–H and O–H groups in total. The van der Waals surface area contributed by atoms with Crippen molar-refractivity contribution in [3.8, 4) is 0 Å². The minimum Gasteiger partial charge on any atom is -0.465 e. The lowest BCUT2D eigenvalue weighted by Gasteiger charge is -2.33. The maximum Gasteiger partial charge on any atom is 0.350 e. The normalized spacial score (nSPS) is 16.3. The lowest BCUT2D eigenvalue weighted by Crippen LogP contribution is -2.44. The number of carbonyl (C=O) groups is 1. The smallest absolute Gasteiger partial charge is 0.350 e. The highest BCUT2D eigenvalue weighted by Gasteiger charge is 2.25. The highest BCUT2D eigenvalue weighted by Crippen LogP contribution is 2.23. The molecule has 1 atom stereocenters. The third kappa shape index (κ3) is 3.85. The number of hydrogen-bond acceptors (Lipinski definition) is 6. The number of nitrogens with one attached hydrogen (secondary N) is 1. The number of ether oxygens (including phenoxy) is 1. The van der Waals surface area contributed by atoms with Gasteiger partial charge in [0.05, 0.1) is 19.3 Å². The maximum absolute atomic E-state index is 12.5. The molecule has 0 aromatic carbocycles. The predicted octanol–water partition coefficient (Wildman–Crippen LogP) is 0.587. The van der Waals surface area contributed by atoms with Crippen molar-refractivity contribution in [2.75, 3.05) is 32.8 Å². The van der Waals surface area contributed by atoms with Crippen molar-refractivity contribution in [3.63, 3.8) is 0 Å². The van der Waals surface area contributed by atoms with E-state index in [9.17, 15) is 9.59 Å². The molecule has 28 heavy (non-hydrogen) atoms. The van der Waals surface area contributed by atoms with Crippen molar-refractivity contribution in [1.82, 2.24) is 24.4 Å². The highest BCUT2D eigenvalue weighted by molar-refractivity contribution is 5.75. The summed E-state index contributed by atoms with van der Waals surface area (Å²) < 4.78 is 13.8. The van der Waals surface area contributed by atoms with Gasteiger partial charge in [-0.25, -0.2) is 9.48 Å². The van der Waals surface area contributed by atoms with E-state index in [4.69, 9.17) is 9.15 Å². The number of aromatic nitrogens is 3. The van der Waals surface area contributed by atoms with Crippen LogP contribution in [0.1, 0.15) is 17.6 Å². The van der Waals surface area contributed by atoms with E-state index in [1.165, 1.54) is 9.08 Å². The largest absolute Gasteiger partial charge is 0.465 e. The van der Waals surface area contributed by atoms with Gasteiger partial charge in [0.1, 0.15) is 18.1 Å². The minimum atomic E-state index is -0.336. The second kappa shape index (κ2) is 7.99. The Hall–Kier alpha value is -2.91. The molecule has 1 unspecified atom stereocenters. The molecule has 4 heterocycles.